The van der Waals surface area contributed by atoms with Gasteiger partial charge in [-0.15, -0.1) is 11.3 Å². The van der Waals surface area contributed by atoms with E-state index in [4.69, 9.17) is 0 Å². The van der Waals surface area contributed by atoms with Crippen molar-refractivity contribution in [3.63, 3.8) is 0 Å². The molecule has 0 fully saturated rings. The number of anilines is 1. The SMILES string of the molecule is CS(=O)(=O)c1ccc(NCc2cnc(-c3ncccn3)s2)cn1. The molecule has 9 heteroatoms. The molecule has 0 radical (unpaired) electrons. The topological polar surface area (TPSA) is 97.7 Å². The number of hydrogen-bond acceptors (Lipinski definition) is 8. The van der Waals surface area contributed by atoms with E-state index in [1.54, 1.807) is 30.7 Å². The summed E-state index contributed by atoms with van der Waals surface area (Å²) in [5.74, 6) is 0.600. The molecule has 3 heterocycles. The monoisotopic (exact) mass is 347 g/mol. The van der Waals surface area contributed by atoms with Crippen LogP contribution in [0, 0.1) is 0 Å². The molecule has 118 valence electrons. The molecule has 0 unspecified atom stereocenters. The summed E-state index contributed by atoms with van der Waals surface area (Å²) in [6.07, 6.45) is 7.75. The van der Waals surface area contributed by atoms with Crippen LogP contribution in [0.15, 0.2) is 48.0 Å². The zero-order valence-electron chi connectivity index (χ0n) is 12.2. The van der Waals surface area contributed by atoms with Crippen molar-refractivity contribution in [3.05, 3.63) is 47.9 Å². The van der Waals surface area contributed by atoms with Crippen LogP contribution in [0.25, 0.3) is 10.8 Å². The van der Waals surface area contributed by atoms with Gasteiger partial charge in [0.05, 0.1) is 18.4 Å². The van der Waals surface area contributed by atoms with E-state index in [1.807, 2.05) is 0 Å². The average molecular weight is 347 g/mol. The van der Waals surface area contributed by atoms with Crippen LogP contribution >= 0.6 is 11.3 Å². The van der Waals surface area contributed by atoms with Gasteiger partial charge in [0.2, 0.25) is 0 Å². The van der Waals surface area contributed by atoms with E-state index in [2.05, 4.69) is 25.3 Å². The molecule has 0 amide bonds. The Kier molecular flexibility index (Phi) is 4.30. The Labute approximate surface area is 137 Å². The van der Waals surface area contributed by atoms with Gasteiger partial charge in [-0.3, -0.25) is 0 Å². The summed E-state index contributed by atoms with van der Waals surface area (Å²) in [5.41, 5.74) is 0.739. The number of thiazole rings is 1. The summed E-state index contributed by atoms with van der Waals surface area (Å²) in [6, 6.07) is 4.92. The van der Waals surface area contributed by atoms with Crippen molar-refractivity contribution in [2.45, 2.75) is 11.6 Å². The van der Waals surface area contributed by atoms with Gasteiger partial charge in [0.1, 0.15) is 0 Å². The van der Waals surface area contributed by atoms with Crippen molar-refractivity contribution in [3.8, 4) is 10.8 Å². The number of nitrogens with zero attached hydrogens (tertiary/aromatic N) is 4. The van der Waals surface area contributed by atoms with Gasteiger partial charge in [0.15, 0.2) is 25.7 Å². The predicted octanol–water partition coefficient (Wildman–Crippen LogP) is 2.01. The largest absolute Gasteiger partial charge is 0.379 e. The summed E-state index contributed by atoms with van der Waals surface area (Å²) in [7, 11) is -3.27. The van der Waals surface area contributed by atoms with Crippen molar-refractivity contribution in [1.82, 2.24) is 19.9 Å². The third-order valence-corrected chi connectivity index (χ3v) is 4.89. The lowest BCUT2D eigenvalue weighted by Gasteiger charge is -2.04. The molecule has 0 atom stereocenters. The first-order valence-electron chi connectivity index (χ1n) is 6.64. The van der Waals surface area contributed by atoms with Gasteiger partial charge in [0, 0.05) is 29.7 Å². The molecule has 1 N–H and O–H groups in total. The van der Waals surface area contributed by atoms with E-state index in [9.17, 15) is 8.42 Å². The predicted molar refractivity (Wildman–Crippen MR) is 87.8 cm³/mol. The minimum Gasteiger partial charge on any atom is -0.379 e. The van der Waals surface area contributed by atoms with Crippen LogP contribution < -0.4 is 5.32 Å². The van der Waals surface area contributed by atoms with Crippen LogP contribution in [0.2, 0.25) is 0 Å². The first kappa shape index (κ1) is 15.5. The number of nitrogens with one attached hydrogen (secondary N) is 1. The summed E-state index contributed by atoms with van der Waals surface area (Å²) >= 11 is 1.50. The van der Waals surface area contributed by atoms with E-state index in [0.717, 1.165) is 21.8 Å². The number of hydrogen-bond donors (Lipinski definition) is 1. The Morgan fingerprint density at radius 2 is 1.87 bits per heavy atom. The quantitative estimate of drug-likeness (QED) is 0.754. The lowest BCUT2D eigenvalue weighted by atomic mass is 10.4. The van der Waals surface area contributed by atoms with E-state index in [-0.39, 0.29) is 5.03 Å². The average Bonchev–Trinajstić information content (AvgIpc) is 3.02. The Morgan fingerprint density at radius 1 is 1.09 bits per heavy atom. The van der Waals surface area contributed by atoms with E-state index in [0.29, 0.717) is 12.4 Å². The molecule has 0 saturated heterocycles. The minimum atomic E-state index is -3.27. The van der Waals surface area contributed by atoms with E-state index < -0.39 is 9.84 Å². The maximum Gasteiger partial charge on any atom is 0.192 e. The van der Waals surface area contributed by atoms with Gasteiger partial charge in [0.25, 0.3) is 0 Å². The maximum absolute atomic E-state index is 11.4. The first-order valence-corrected chi connectivity index (χ1v) is 9.35. The molecule has 3 rings (SSSR count). The van der Waals surface area contributed by atoms with Crippen LogP contribution in [0.5, 0.6) is 0 Å². The highest BCUT2D eigenvalue weighted by Crippen LogP contribution is 2.22. The highest BCUT2D eigenvalue weighted by atomic mass is 32.2. The fraction of sp³-hybridized carbons (Fsp3) is 0.143. The number of sulfone groups is 1. The van der Waals surface area contributed by atoms with Crippen molar-refractivity contribution in [2.24, 2.45) is 0 Å². The van der Waals surface area contributed by atoms with Crippen LogP contribution in [-0.2, 0) is 16.4 Å². The van der Waals surface area contributed by atoms with Gasteiger partial charge in [-0.2, -0.15) is 0 Å². The molecular weight excluding hydrogens is 334 g/mol. The van der Waals surface area contributed by atoms with E-state index in [1.165, 1.54) is 23.6 Å². The van der Waals surface area contributed by atoms with Crippen LogP contribution in [0.3, 0.4) is 0 Å². The van der Waals surface area contributed by atoms with Gasteiger partial charge < -0.3 is 5.32 Å². The fourth-order valence-corrected chi connectivity index (χ4v) is 3.16. The van der Waals surface area contributed by atoms with Crippen molar-refractivity contribution in [2.75, 3.05) is 11.6 Å². The molecule has 0 bridgehead atoms. The highest BCUT2D eigenvalue weighted by molar-refractivity contribution is 7.90. The summed E-state index contributed by atoms with van der Waals surface area (Å²) in [5, 5.41) is 3.99. The molecule has 23 heavy (non-hydrogen) atoms. The second-order valence-electron chi connectivity index (χ2n) is 4.71. The van der Waals surface area contributed by atoms with E-state index >= 15 is 0 Å². The molecule has 3 aromatic heterocycles. The minimum absolute atomic E-state index is 0.0596. The molecule has 0 aromatic carbocycles. The lowest BCUT2D eigenvalue weighted by molar-refractivity contribution is 0.598. The standard InChI is InChI=1S/C14H13N5O2S2/c1-23(20,21)12-4-3-10(7-18-12)17-8-11-9-19-14(22-11)13-15-5-2-6-16-13/h2-7,9,17H,8H2,1H3. The van der Waals surface area contributed by atoms with Crippen molar-refractivity contribution in [1.29, 1.82) is 0 Å². The first-order chi connectivity index (χ1) is 11.0. The van der Waals surface area contributed by atoms with Crippen molar-refractivity contribution >= 4 is 26.9 Å². The van der Waals surface area contributed by atoms with Crippen LogP contribution in [-0.4, -0.2) is 34.6 Å². The van der Waals surface area contributed by atoms with Gasteiger partial charge in [-0.1, -0.05) is 0 Å². The smallest absolute Gasteiger partial charge is 0.192 e. The molecule has 0 saturated carbocycles. The number of aromatic nitrogens is 4. The Balaban J connectivity index is 1.66. The van der Waals surface area contributed by atoms with Gasteiger partial charge >= 0.3 is 0 Å². The second kappa shape index (κ2) is 6.39. The second-order valence-corrected chi connectivity index (χ2v) is 7.79. The van der Waals surface area contributed by atoms with Gasteiger partial charge in [-0.25, -0.2) is 28.4 Å². The molecule has 7 nitrogen and oxygen atoms in total. The fourth-order valence-electron chi connectivity index (χ4n) is 1.80. The van der Waals surface area contributed by atoms with Crippen LogP contribution in [0.1, 0.15) is 4.88 Å². The Hall–Kier alpha value is -2.39. The summed E-state index contributed by atoms with van der Waals surface area (Å²) < 4.78 is 22.7. The molecule has 3 aromatic rings. The molecule has 0 aliphatic rings. The summed E-state index contributed by atoms with van der Waals surface area (Å²) in [6.45, 7) is 0.560. The summed E-state index contributed by atoms with van der Waals surface area (Å²) in [4.78, 5) is 17.6. The zero-order valence-corrected chi connectivity index (χ0v) is 13.8. The van der Waals surface area contributed by atoms with Gasteiger partial charge in [-0.05, 0) is 18.2 Å². The maximum atomic E-state index is 11.4. The molecule has 0 aliphatic heterocycles. The Bertz CT molecular complexity index is 892. The number of pyridine rings is 1. The third-order valence-electron chi connectivity index (χ3n) is 2.89. The molecule has 0 aliphatic carbocycles. The molecule has 0 spiro atoms. The highest BCUT2D eigenvalue weighted by Gasteiger charge is 2.09. The normalized spacial score (nSPS) is 11.3. The van der Waals surface area contributed by atoms with Crippen LogP contribution in [0.4, 0.5) is 5.69 Å². The number of rotatable bonds is 5. The Morgan fingerprint density at radius 3 is 2.52 bits per heavy atom. The third kappa shape index (κ3) is 3.88. The zero-order chi connectivity index (χ0) is 16.3. The van der Waals surface area contributed by atoms with Crippen molar-refractivity contribution < 1.29 is 8.42 Å². The molecular formula is C14H13N5O2S2. The lowest BCUT2D eigenvalue weighted by Crippen LogP contribution is -2.02.